The lowest BCUT2D eigenvalue weighted by Crippen LogP contribution is -2.45. The molecule has 19 heavy (non-hydrogen) atoms. The van der Waals surface area contributed by atoms with Crippen LogP contribution in [0.1, 0.15) is 46.0 Å². The van der Waals surface area contributed by atoms with Crippen LogP contribution in [0.5, 0.6) is 0 Å². The van der Waals surface area contributed by atoms with E-state index >= 15 is 0 Å². The van der Waals surface area contributed by atoms with Crippen LogP contribution in [0.15, 0.2) is 0 Å². The Kier molecular flexibility index (Phi) is 7.48. The highest BCUT2D eigenvalue weighted by atomic mass is 16.2. The zero-order valence-electron chi connectivity index (χ0n) is 12.2. The zero-order valence-corrected chi connectivity index (χ0v) is 12.2. The Bertz CT molecular complexity index is 294. The summed E-state index contributed by atoms with van der Waals surface area (Å²) in [5.74, 6) is -1.00. The van der Waals surface area contributed by atoms with Crippen LogP contribution in [-0.4, -0.2) is 48.9 Å². The van der Waals surface area contributed by atoms with E-state index in [2.05, 4.69) is 29.4 Å². The molecule has 2 amide bonds. The topological polar surface area (TPSA) is 61.4 Å². The number of carbonyl (C=O) groups is 2. The maximum absolute atomic E-state index is 11.6. The molecule has 1 aliphatic rings. The number of unbranched alkanes of at least 4 members (excludes halogenated alkanes) is 2. The summed E-state index contributed by atoms with van der Waals surface area (Å²) in [6.07, 6.45) is 5.40. The van der Waals surface area contributed by atoms with Gasteiger partial charge in [0.05, 0.1) is 0 Å². The first kappa shape index (κ1) is 16.0. The summed E-state index contributed by atoms with van der Waals surface area (Å²) in [4.78, 5) is 25.5. The SMILES string of the molecule is CCCCCNC(=O)C(=O)NC[C@@H]1CCCN1CC. The first-order valence-electron chi connectivity index (χ1n) is 7.49. The van der Waals surface area contributed by atoms with Crippen molar-refractivity contribution in [3.05, 3.63) is 0 Å². The largest absolute Gasteiger partial charge is 0.348 e. The van der Waals surface area contributed by atoms with Crippen LogP contribution in [0.2, 0.25) is 0 Å². The minimum absolute atomic E-state index is 0.391. The maximum Gasteiger partial charge on any atom is 0.309 e. The van der Waals surface area contributed by atoms with Crippen LogP contribution in [0.3, 0.4) is 0 Å². The number of hydrogen-bond acceptors (Lipinski definition) is 3. The van der Waals surface area contributed by atoms with Crippen LogP contribution in [0.25, 0.3) is 0 Å². The third-order valence-corrected chi connectivity index (χ3v) is 3.68. The fourth-order valence-corrected chi connectivity index (χ4v) is 2.49. The molecule has 5 nitrogen and oxygen atoms in total. The molecule has 2 N–H and O–H groups in total. The third kappa shape index (κ3) is 5.59. The molecule has 0 unspecified atom stereocenters. The first-order chi connectivity index (χ1) is 9.19. The Labute approximate surface area is 116 Å². The van der Waals surface area contributed by atoms with E-state index in [0.29, 0.717) is 19.1 Å². The fourth-order valence-electron chi connectivity index (χ4n) is 2.49. The van der Waals surface area contributed by atoms with Crippen LogP contribution in [-0.2, 0) is 9.59 Å². The molecule has 0 radical (unpaired) electrons. The molecule has 0 aromatic carbocycles. The van der Waals surface area contributed by atoms with Crippen molar-refractivity contribution in [3.8, 4) is 0 Å². The molecule has 110 valence electrons. The second-order valence-corrected chi connectivity index (χ2v) is 5.10. The van der Waals surface area contributed by atoms with Crippen LogP contribution >= 0.6 is 0 Å². The molecule has 1 saturated heterocycles. The van der Waals surface area contributed by atoms with E-state index in [0.717, 1.165) is 38.8 Å². The zero-order chi connectivity index (χ0) is 14.1. The summed E-state index contributed by atoms with van der Waals surface area (Å²) >= 11 is 0. The average Bonchev–Trinajstić information content (AvgIpc) is 2.88. The van der Waals surface area contributed by atoms with E-state index in [9.17, 15) is 9.59 Å². The summed E-state index contributed by atoms with van der Waals surface area (Å²) in [6, 6.07) is 0.391. The van der Waals surface area contributed by atoms with Gasteiger partial charge < -0.3 is 10.6 Å². The molecule has 0 aromatic heterocycles. The minimum Gasteiger partial charge on any atom is -0.348 e. The van der Waals surface area contributed by atoms with Gasteiger partial charge in [-0.25, -0.2) is 0 Å². The molecule has 1 atom stereocenters. The van der Waals surface area contributed by atoms with Crippen molar-refractivity contribution in [2.24, 2.45) is 0 Å². The van der Waals surface area contributed by atoms with Gasteiger partial charge in [-0.05, 0) is 32.4 Å². The van der Waals surface area contributed by atoms with E-state index in [-0.39, 0.29) is 0 Å². The minimum atomic E-state index is -0.503. The Morgan fingerprint density at radius 2 is 1.89 bits per heavy atom. The van der Waals surface area contributed by atoms with Crippen molar-refractivity contribution >= 4 is 11.8 Å². The highest BCUT2D eigenvalue weighted by Crippen LogP contribution is 2.15. The smallest absolute Gasteiger partial charge is 0.309 e. The molecule has 0 aromatic rings. The standard InChI is InChI=1S/C14H27N3O2/c1-3-5-6-9-15-13(18)14(19)16-11-12-8-7-10-17(12)4-2/h12H,3-11H2,1-2H3,(H,15,18)(H,16,19)/t12-/m0/s1. The van der Waals surface area contributed by atoms with Gasteiger partial charge in [0.15, 0.2) is 0 Å². The lowest BCUT2D eigenvalue weighted by atomic mass is 10.2. The summed E-state index contributed by atoms with van der Waals surface area (Å²) in [7, 11) is 0. The molecular weight excluding hydrogens is 242 g/mol. The number of nitrogens with zero attached hydrogens (tertiary/aromatic N) is 1. The van der Waals surface area contributed by atoms with Crippen LogP contribution in [0, 0.1) is 0 Å². The predicted molar refractivity (Wildman–Crippen MR) is 75.8 cm³/mol. The molecule has 0 bridgehead atoms. The van der Waals surface area contributed by atoms with Gasteiger partial charge in [0.2, 0.25) is 0 Å². The van der Waals surface area contributed by atoms with Gasteiger partial charge >= 0.3 is 11.8 Å². The average molecular weight is 269 g/mol. The van der Waals surface area contributed by atoms with Gasteiger partial charge in [-0.1, -0.05) is 26.7 Å². The number of nitrogens with one attached hydrogen (secondary N) is 2. The van der Waals surface area contributed by atoms with E-state index < -0.39 is 11.8 Å². The van der Waals surface area contributed by atoms with Gasteiger partial charge in [0, 0.05) is 19.1 Å². The lowest BCUT2D eigenvalue weighted by Gasteiger charge is -2.22. The van der Waals surface area contributed by atoms with E-state index in [4.69, 9.17) is 0 Å². The molecule has 5 heteroatoms. The van der Waals surface area contributed by atoms with Gasteiger partial charge in [-0.2, -0.15) is 0 Å². The molecule has 0 aliphatic carbocycles. The first-order valence-corrected chi connectivity index (χ1v) is 7.49. The summed E-state index contributed by atoms with van der Waals surface area (Å²) in [5, 5.41) is 5.39. The van der Waals surface area contributed by atoms with Crippen LogP contribution in [0.4, 0.5) is 0 Å². The van der Waals surface area contributed by atoms with Crippen LogP contribution < -0.4 is 10.6 Å². The molecule has 1 rings (SSSR count). The molecule has 0 spiro atoms. The maximum atomic E-state index is 11.6. The monoisotopic (exact) mass is 269 g/mol. The van der Waals surface area contributed by atoms with Crippen molar-refractivity contribution in [2.45, 2.75) is 52.0 Å². The molecule has 0 saturated carbocycles. The van der Waals surface area contributed by atoms with Crippen molar-refractivity contribution in [1.29, 1.82) is 0 Å². The fraction of sp³-hybridized carbons (Fsp3) is 0.857. The van der Waals surface area contributed by atoms with Gasteiger partial charge in [0.1, 0.15) is 0 Å². The Hall–Kier alpha value is -1.10. The van der Waals surface area contributed by atoms with Gasteiger partial charge in [-0.15, -0.1) is 0 Å². The lowest BCUT2D eigenvalue weighted by molar-refractivity contribution is -0.139. The highest BCUT2D eigenvalue weighted by Gasteiger charge is 2.24. The summed E-state index contributed by atoms with van der Waals surface area (Å²) < 4.78 is 0. The summed E-state index contributed by atoms with van der Waals surface area (Å²) in [5.41, 5.74) is 0. The van der Waals surface area contributed by atoms with E-state index in [1.807, 2.05) is 0 Å². The van der Waals surface area contributed by atoms with E-state index in [1.165, 1.54) is 6.42 Å². The molecule has 1 aliphatic heterocycles. The quantitative estimate of drug-likeness (QED) is 0.533. The Morgan fingerprint density at radius 1 is 1.16 bits per heavy atom. The van der Waals surface area contributed by atoms with Crippen molar-refractivity contribution in [3.63, 3.8) is 0 Å². The summed E-state index contributed by atoms with van der Waals surface area (Å²) in [6.45, 7) is 7.50. The van der Waals surface area contributed by atoms with Crippen molar-refractivity contribution < 1.29 is 9.59 Å². The third-order valence-electron chi connectivity index (χ3n) is 3.68. The predicted octanol–water partition coefficient (Wildman–Crippen LogP) is 0.893. The van der Waals surface area contributed by atoms with Crippen molar-refractivity contribution in [1.82, 2.24) is 15.5 Å². The highest BCUT2D eigenvalue weighted by molar-refractivity contribution is 6.35. The second kappa shape index (κ2) is 8.91. The number of hydrogen-bond donors (Lipinski definition) is 2. The molecular formula is C14H27N3O2. The van der Waals surface area contributed by atoms with Crippen molar-refractivity contribution in [2.75, 3.05) is 26.2 Å². The normalized spacial score (nSPS) is 19.4. The number of amides is 2. The number of carbonyl (C=O) groups excluding carboxylic acids is 2. The number of likely N-dealkylation sites (N-methyl/N-ethyl adjacent to an activating group) is 1. The molecule has 1 fully saturated rings. The van der Waals surface area contributed by atoms with E-state index in [1.54, 1.807) is 0 Å². The Morgan fingerprint density at radius 3 is 2.58 bits per heavy atom. The van der Waals surface area contributed by atoms with Gasteiger partial charge in [0.25, 0.3) is 0 Å². The second-order valence-electron chi connectivity index (χ2n) is 5.10. The number of likely N-dealkylation sites (tertiary alicyclic amines) is 1. The number of rotatable bonds is 7. The van der Waals surface area contributed by atoms with Gasteiger partial charge in [-0.3, -0.25) is 14.5 Å². The molecule has 1 heterocycles. The Balaban J connectivity index is 2.17.